The topological polar surface area (TPSA) is 190 Å². The van der Waals surface area contributed by atoms with Crippen molar-refractivity contribution in [2.45, 2.75) is 163 Å². The van der Waals surface area contributed by atoms with Gasteiger partial charge in [-0.3, -0.25) is 15.0 Å². The molecule has 7 heterocycles. The minimum atomic E-state index is -4.85. The zero-order valence-corrected chi connectivity index (χ0v) is 48.5. The average molecular weight is 1170 g/mol. The summed E-state index contributed by atoms with van der Waals surface area (Å²) >= 11 is 3.03. The first kappa shape index (κ1) is 63.2. The zero-order valence-electron chi connectivity index (χ0n) is 44.9. The molecule has 0 saturated carbocycles. The second kappa shape index (κ2) is 26.1. The molecule has 4 bridgehead atoms. The third-order valence-corrected chi connectivity index (χ3v) is 20.9. The summed E-state index contributed by atoms with van der Waals surface area (Å²) < 4.78 is 55.5. The van der Waals surface area contributed by atoms with E-state index in [9.17, 15) is 22.8 Å². The Morgan fingerprint density at radius 1 is 0.744 bits per heavy atom. The Balaban J connectivity index is 0.000000222. The maximum atomic E-state index is 13.1. The Labute approximate surface area is 470 Å². The number of nitrogens with zero attached hydrogens (tertiary/aromatic N) is 2. The van der Waals surface area contributed by atoms with Gasteiger partial charge in [-0.05, 0) is 105 Å². The van der Waals surface area contributed by atoms with E-state index in [1.807, 2.05) is 43.5 Å². The van der Waals surface area contributed by atoms with E-state index in [1.54, 1.807) is 17.7 Å². The van der Waals surface area contributed by atoms with Crippen LogP contribution in [0.2, 0.25) is 39.3 Å². The van der Waals surface area contributed by atoms with Crippen molar-refractivity contribution >= 4 is 61.1 Å². The van der Waals surface area contributed by atoms with E-state index < -0.39 is 40.6 Å². The number of para-hydroxylation sites is 2. The smallest absolute Gasteiger partial charge is 0.456 e. The number of aromatic amines is 1. The van der Waals surface area contributed by atoms with Crippen LogP contribution < -0.4 is 25.2 Å². The molecule has 4 aromatic carbocycles. The van der Waals surface area contributed by atoms with Crippen molar-refractivity contribution in [1.82, 2.24) is 24.8 Å². The fourth-order valence-corrected chi connectivity index (χ4v) is 20.9. The number of Topliss-reactive ketones (excluding diaryl/α,β-unsaturated/α-hetero) is 1. The van der Waals surface area contributed by atoms with Gasteiger partial charge in [-0.15, -0.1) is 0 Å². The number of amidine groups is 1. The van der Waals surface area contributed by atoms with Gasteiger partial charge in [0.05, 0.1) is 5.33 Å². The van der Waals surface area contributed by atoms with E-state index in [0.717, 1.165) is 75.0 Å². The molecule has 1 amide bonds. The van der Waals surface area contributed by atoms with Crippen LogP contribution in [-0.2, 0) is 16.0 Å². The average Bonchev–Trinajstić information content (AvgIpc) is 4.23. The molecule has 78 heavy (non-hydrogen) atoms. The summed E-state index contributed by atoms with van der Waals surface area (Å²) in [5.41, 5.74) is 17.5. The lowest BCUT2D eigenvalue weighted by molar-refractivity contribution is -0.189. The third-order valence-electron chi connectivity index (χ3n) is 14.2. The van der Waals surface area contributed by atoms with Crippen molar-refractivity contribution in [3.05, 3.63) is 136 Å². The molecule has 18 heteroatoms. The number of hydrogen-bond donors (Lipinski definition) is 5. The number of hydrogen-bond acceptors (Lipinski definition) is 8. The first-order valence-electron chi connectivity index (χ1n) is 26.2. The molecule has 0 spiro atoms. The van der Waals surface area contributed by atoms with E-state index in [1.165, 1.54) is 29.5 Å². The Bertz CT molecular complexity index is 2970. The summed E-state index contributed by atoms with van der Waals surface area (Å²) in [4.78, 5) is 31.1. The third kappa shape index (κ3) is 14.8. The molecule has 6 aliphatic heterocycles. The summed E-state index contributed by atoms with van der Waals surface area (Å²) in [5.74, 6) is 2.47. The van der Waals surface area contributed by atoms with Gasteiger partial charge in [0.2, 0.25) is 0 Å². The summed E-state index contributed by atoms with van der Waals surface area (Å²) in [5, 5.41) is 12.0. The number of H-pyrrole nitrogens is 1. The standard InChI is InChI=1S/C25H25N3O.C23H20F3N3O2.C6H19NSi2.C4H7BrO.2CH4.H2O/c1-2-17-14-26-25(28-17)15-7-10-21-23(13-15)29-22-6-4-3-5-20(22)24(21)16-11-18-8-9-19(12-16)27-18;24-23(25,26)22(30)29-14-6-7-15(29)10-13(9-14)20-16-3-1-2-4-18(16)31-19-11-12(21(27)28)5-8-17(19)20;1-8(2,3)7-9(4,5)6;1-2-4(6)3-5;;;/h3-7,10,13-14,18-19,27H,2,8-9,11-12H2,1H3,(H,26,28);1-5,8,11,14-15H,6-7,9-10H2,(H3,27,28);7H,1-6H3;2-3H2,1H3;2*1H4;1H2. The Kier molecular flexibility index (Phi) is 21.1. The fraction of sp³-hybridized carbons (Fsp3) is 0.433. The monoisotopic (exact) mass is 1170 g/mol. The van der Waals surface area contributed by atoms with Gasteiger partial charge in [0.25, 0.3) is 0 Å². The highest BCUT2D eigenvalue weighted by atomic mass is 79.9. The number of rotatable bonds is 7. The number of fused-ring (bicyclic) bond motifs is 8. The number of benzene rings is 4. The highest BCUT2D eigenvalue weighted by Gasteiger charge is 2.51. The first-order valence-corrected chi connectivity index (χ1v) is 34.3. The van der Waals surface area contributed by atoms with Crippen LogP contribution in [0.15, 0.2) is 102 Å². The number of carbonyl (C=O) groups is 2. The summed E-state index contributed by atoms with van der Waals surface area (Å²) in [7, 11) is -1.96. The molecule has 6 aliphatic rings. The minimum Gasteiger partial charge on any atom is -0.456 e. The number of piperidine rings is 2. The Hall–Kier alpha value is -5.64. The van der Waals surface area contributed by atoms with Gasteiger partial charge in [0.1, 0.15) is 56.9 Å². The number of aryl methyl sites for hydroxylation is 1. The number of ether oxygens (including phenoxy) is 2. The maximum absolute atomic E-state index is 13.1. The number of halogens is 4. The van der Waals surface area contributed by atoms with Gasteiger partial charge in [-0.2, -0.15) is 13.2 Å². The number of alkyl halides is 4. The summed E-state index contributed by atoms with van der Waals surface area (Å²) in [6.07, 6.45) is 5.46. The van der Waals surface area contributed by atoms with Gasteiger partial charge in [-0.1, -0.05) is 144 Å². The van der Waals surface area contributed by atoms with Crippen molar-refractivity contribution in [3.63, 3.8) is 0 Å². The lowest BCUT2D eigenvalue weighted by Gasteiger charge is -2.38. The number of nitrogens with one attached hydrogen (secondary N) is 4. The van der Waals surface area contributed by atoms with Crippen molar-refractivity contribution in [3.8, 4) is 34.4 Å². The first-order chi connectivity index (χ1) is 35.5. The summed E-state index contributed by atoms with van der Waals surface area (Å²) in [6.45, 7) is 18.1. The lowest BCUT2D eigenvalue weighted by Crippen LogP contribution is -2.55. The minimum absolute atomic E-state index is 0. The molecule has 4 unspecified atom stereocenters. The molecule has 12 nitrogen and oxygen atoms in total. The fourth-order valence-electron chi connectivity index (χ4n) is 11.5. The number of imidazole rings is 1. The van der Waals surface area contributed by atoms with E-state index in [2.05, 4.69) is 125 Å². The predicted octanol–water partition coefficient (Wildman–Crippen LogP) is 14.1. The predicted molar refractivity (Wildman–Crippen MR) is 320 cm³/mol. The molecule has 422 valence electrons. The molecular weight excluding hydrogens is 1090 g/mol. The van der Waals surface area contributed by atoms with Crippen LogP contribution in [0.1, 0.15) is 120 Å². The molecule has 4 atom stereocenters. The molecule has 4 saturated heterocycles. The SMILES string of the molecule is C.C.CCC(=O)CBr.CCc1cnc(-c2ccc3c(c2)Oc2ccccc2C3=C2CC3CCC(C2)N3)[nH]1.C[Si](C)(C)N[Si](C)(C)C.N=C(N)c1ccc2c(c1)Oc1ccccc1C2=C1CC2CCC(C1)N2C(=O)C(F)(F)F.O. The molecule has 8 N–H and O–H groups in total. The highest BCUT2D eigenvalue weighted by Crippen LogP contribution is 2.51. The van der Waals surface area contributed by atoms with Crippen LogP contribution in [0.3, 0.4) is 0 Å². The Morgan fingerprint density at radius 2 is 1.23 bits per heavy atom. The normalized spacial score (nSPS) is 19.3. The summed E-state index contributed by atoms with van der Waals surface area (Å²) in [6, 6.07) is 28.2. The van der Waals surface area contributed by atoms with Crippen LogP contribution in [0.5, 0.6) is 23.0 Å². The molecule has 0 radical (unpaired) electrons. The molecule has 1 aromatic heterocycles. The molecule has 11 rings (SSSR count). The van der Waals surface area contributed by atoms with Crippen molar-refractivity contribution < 1.29 is 37.7 Å². The van der Waals surface area contributed by atoms with Gasteiger partial charge >= 0.3 is 12.1 Å². The zero-order chi connectivity index (χ0) is 54.0. The van der Waals surface area contributed by atoms with Gasteiger partial charge in [-0.25, -0.2) is 4.98 Å². The van der Waals surface area contributed by atoms with Crippen LogP contribution in [0, 0.1) is 5.41 Å². The molecule has 5 aromatic rings. The molecule has 4 fully saturated rings. The van der Waals surface area contributed by atoms with Crippen molar-refractivity contribution in [2.24, 2.45) is 5.73 Å². The molecular formula is C60H81BrF3N7O5Si2. The van der Waals surface area contributed by atoms with Crippen LogP contribution in [0.25, 0.3) is 22.5 Å². The number of ketones is 1. The molecule has 0 aliphatic carbocycles. The van der Waals surface area contributed by atoms with Gasteiger partial charge in [0.15, 0.2) is 0 Å². The number of nitrogens with two attached hydrogens (primary N) is 1. The lowest BCUT2D eigenvalue weighted by atomic mass is 9.83. The van der Waals surface area contributed by atoms with Gasteiger partial charge < -0.3 is 40.5 Å². The van der Waals surface area contributed by atoms with Crippen molar-refractivity contribution in [1.29, 1.82) is 5.41 Å². The maximum Gasteiger partial charge on any atom is 0.471 e. The second-order valence-electron chi connectivity index (χ2n) is 22.3. The number of nitrogen functional groups attached to an aromatic ring is 1. The van der Waals surface area contributed by atoms with E-state index >= 15 is 0 Å². The van der Waals surface area contributed by atoms with E-state index in [0.29, 0.717) is 66.6 Å². The van der Waals surface area contributed by atoms with Crippen molar-refractivity contribution in [2.75, 3.05) is 5.33 Å². The van der Waals surface area contributed by atoms with Crippen LogP contribution >= 0.6 is 15.9 Å². The quantitative estimate of drug-likeness (QED) is 0.0451. The highest BCUT2D eigenvalue weighted by molar-refractivity contribution is 9.09. The van der Waals surface area contributed by atoms with E-state index in [4.69, 9.17) is 20.6 Å². The number of aromatic nitrogens is 2. The Morgan fingerprint density at radius 3 is 1.67 bits per heavy atom. The van der Waals surface area contributed by atoms with Gasteiger partial charge in [0, 0.05) is 75.9 Å². The van der Waals surface area contributed by atoms with E-state index in [-0.39, 0.29) is 31.9 Å². The largest absolute Gasteiger partial charge is 0.471 e. The van der Waals surface area contributed by atoms with Crippen LogP contribution in [0.4, 0.5) is 13.2 Å². The number of amides is 1. The number of carbonyl (C=O) groups excluding carboxylic acids is 2. The second-order valence-corrected chi connectivity index (χ2v) is 32.9. The van der Waals surface area contributed by atoms with Crippen LogP contribution in [-0.4, -0.2) is 90.0 Å².